The minimum atomic E-state index is -1.22. The summed E-state index contributed by atoms with van der Waals surface area (Å²) in [4.78, 5) is 4.00. The van der Waals surface area contributed by atoms with Gasteiger partial charge >= 0.3 is 0 Å². The highest BCUT2D eigenvalue weighted by molar-refractivity contribution is 7.94. The second-order valence-electron chi connectivity index (χ2n) is 6.66. The van der Waals surface area contributed by atoms with E-state index in [1.165, 1.54) is 0 Å². The van der Waals surface area contributed by atoms with Crippen LogP contribution in [0.1, 0.15) is 16.7 Å². The summed E-state index contributed by atoms with van der Waals surface area (Å²) in [5, 5.41) is 0. The number of hydrogen-bond acceptors (Lipinski definition) is 2. The monoisotopic (exact) mass is 404 g/mol. The Balaban J connectivity index is 1.83. The van der Waals surface area contributed by atoms with Crippen molar-refractivity contribution < 1.29 is 4.21 Å². The number of hydrogen-bond donors (Lipinski definition) is 1. The van der Waals surface area contributed by atoms with Crippen LogP contribution in [-0.2, 0) is 16.6 Å². The third-order valence-electron chi connectivity index (χ3n) is 4.56. The van der Waals surface area contributed by atoms with E-state index in [1.54, 1.807) is 0 Å². The van der Waals surface area contributed by atoms with Gasteiger partial charge in [0, 0.05) is 6.20 Å². The summed E-state index contributed by atoms with van der Waals surface area (Å²) >= 11 is 5.54. The van der Waals surface area contributed by atoms with Crippen molar-refractivity contribution in [2.75, 3.05) is 0 Å². The normalized spacial score (nSPS) is 13.0. The van der Waals surface area contributed by atoms with Crippen LogP contribution in [0.5, 0.6) is 0 Å². The van der Waals surface area contributed by atoms with E-state index in [9.17, 15) is 4.21 Å². The van der Waals surface area contributed by atoms with Crippen molar-refractivity contribution in [1.82, 2.24) is 9.55 Å². The zero-order valence-electron chi connectivity index (χ0n) is 15.5. The Kier molecular flexibility index (Phi) is 5.37. The molecule has 140 valence electrons. The molecule has 1 heterocycles. The molecule has 5 heteroatoms. The Morgan fingerprint density at radius 1 is 1.04 bits per heavy atom. The summed E-state index contributed by atoms with van der Waals surface area (Å²) in [6.45, 7) is 2.05. The zero-order valence-corrected chi connectivity index (χ0v) is 17.1. The second kappa shape index (κ2) is 8.09. The van der Waals surface area contributed by atoms with Crippen LogP contribution in [0.3, 0.4) is 0 Å². The molecule has 3 aromatic carbocycles. The predicted octanol–water partition coefficient (Wildman–Crippen LogP) is 5.91. The van der Waals surface area contributed by atoms with Gasteiger partial charge in [0.1, 0.15) is 0 Å². The molecule has 0 aliphatic rings. The van der Waals surface area contributed by atoms with Crippen LogP contribution < -0.4 is 0 Å². The van der Waals surface area contributed by atoms with Gasteiger partial charge in [0.15, 0.2) is 4.77 Å². The molecular formula is C23H20N2OS2. The van der Waals surface area contributed by atoms with Gasteiger partial charge in [-0.3, -0.25) is 8.78 Å². The highest BCUT2D eigenvalue weighted by Crippen LogP contribution is 2.25. The second-order valence-corrected chi connectivity index (χ2v) is 8.46. The molecule has 0 radical (unpaired) electrons. The predicted molar refractivity (Wildman–Crippen MR) is 121 cm³/mol. The van der Waals surface area contributed by atoms with Gasteiger partial charge < -0.3 is 4.98 Å². The Morgan fingerprint density at radius 3 is 2.43 bits per heavy atom. The summed E-state index contributed by atoms with van der Waals surface area (Å²) in [5.41, 5.74) is 5.08. The quantitative estimate of drug-likeness (QED) is 0.420. The average molecular weight is 405 g/mol. The Bertz CT molecular complexity index is 1220. The van der Waals surface area contributed by atoms with E-state index in [-0.39, 0.29) is 0 Å². The topological polar surface area (TPSA) is 37.8 Å². The van der Waals surface area contributed by atoms with Gasteiger partial charge in [0.25, 0.3) is 0 Å². The fourth-order valence-corrected chi connectivity index (χ4v) is 4.69. The lowest BCUT2D eigenvalue weighted by molar-refractivity contribution is 0.688. The van der Waals surface area contributed by atoms with Crippen LogP contribution in [0, 0.1) is 11.7 Å². The molecular weight excluding hydrogens is 384 g/mol. The van der Waals surface area contributed by atoms with Crippen molar-refractivity contribution in [3.8, 4) is 0 Å². The first-order valence-corrected chi connectivity index (χ1v) is 10.7. The number of nitrogens with one attached hydrogen (secondary N) is 1. The molecule has 0 fully saturated rings. The van der Waals surface area contributed by atoms with Crippen LogP contribution in [0.15, 0.2) is 78.9 Å². The fourth-order valence-electron chi connectivity index (χ4n) is 3.16. The summed E-state index contributed by atoms with van der Waals surface area (Å²) in [6.07, 6.45) is 1.91. The molecule has 0 bridgehead atoms. The van der Waals surface area contributed by atoms with Crippen LogP contribution in [-0.4, -0.2) is 13.8 Å². The number of rotatable bonds is 5. The highest BCUT2D eigenvalue weighted by atomic mass is 32.2. The van der Waals surface area contributed by atoms with Crippen LogP contribution in [0.4, 0.5) is 0 Å². The minimum Gasteiger partial charge on any atom is -0.330 e. The van der Waals surface area contributed by atoms with Crippen molar-refractivity contribution >= 4 is 45.2 Å². The van der Waals surface area contributed by atoms with Gasteiger partial charge in [-0.15, -0.1) is 0 Å². The van der Waals surface area contributed by atoms with Crippen molar-refractivity contribution in [3.63, 3.8) is 0 Å². The van der Waals surface area contributed by atoms with E-state index in [2.05, 4.69) is 17.1 Å². The number of aryl methyl sites for hydroxylation is 1. The lowest BCUT2D eigenvalue weighted by atomic mass is 10.2. The van der Waals surface area contributed by atoms with E-state index >= 15 is 0 Å². The molecule has 3 nitrogen and oxygen atoms in total. The maximum Gasteiger partial charge on any atom is 0.182 e. The van der Waals surface area contributed by atoms with Gasteiger partial charge in [-0.2, -0.15) is 0 Å². The summed E-state index contributed by atoms with van der Waals surface area (Å²) < 4.78 is 15.8. The molecule has 0 amide bonds. The molecule has 0 saturated heterocycles. The molecule has 28 heavy (non-hydrogen) atoms. The zero-order chi connectivity index (χ0) is 19.5. The van der Waals surface area contributed by atoms with Gasteiger partial charge in [0.2, 0.25) is 0 Å². The third-order valence-corrected chi connectivity index (χ3v) is 6.29. The number of H-pyrrole nitrogens is 1. The van der Waals surface area contributed by atoms with E-state index in [1.807, 2.05) is 84.4 Å². The molecule has 1 N–H and O–H groups in total. The van der Waals surface area contributed by atoms with Gasteiger partial charge in [-0.05, 0) is 48.0 Å². The Hall–Kier alpha value is -2.76. The summed E-state index contributed by atoms with van der Waals surface area (Å²) in [5.74, 6) is 0.455. The van der Waals surface area contributed by atoms with Gasteiger partial charge in [-0.25, -0.2) is 0 Å². The van der Waals surface area contributed by atoms with E-state index in [0.717, 1.165) is 32.6 Å². The molecule has 1 aromatic heterocycles. The number of imidazole rings is 1. The van der Waals surface area contributed by atoms with Gasteiger partial charge in [-0.1, -0.05) is 66.7 Å². The maximum atomic E-state index is 13.3. The van der Waals surface area contributed by atoms with E-state index in [0.29, 0.717) is 10.5 Å². The van der Waals surface area contributed by atoms with Crippen molar-refractivity contribution in [1.29, 1.82) is 0 Å². The fraction of sp³-hybridized carbons (Fsp3) is 0.0870. The third kappa shape index (κ3) is 3.91. The highest BCUT2D eigenvalue weighted by Gasteiger charge is 2.13. The van der Waals surface area contributed by atoms with Crippen molar-refractivity contribution in [2.24, 2.45) is 0 Å². The number of aromatic amines is 1. The van der Waals surface area contributed by atoms with E-state index in [4.69, 9.17) is 12.2 Å². The smallest absolute Gasteiger partial charge is 0.182 e. The van der Waals surface area contributed by atoms with E-state index < -0.39 is 10.8 Å². The lowest BCUT2D eigenvalue weighted by Crippen LogP contribution is -2.01. The van der Waals surface area contributed by atoms with Crippen LogP contribution in [0.2, 0.25) is 0 Å². The largest absolute Gasteiger partial charge is 0.330 e. The first-order valence-electron chi connectivity index (χ1n) is 9.02. The molecule has 1 atom stereocenters. The summed E-state index contributed by atoms with van der Waals surface area (Å²) in [7, 11) is -1.22. The molecule has 4 aromatic rings. The lowest BCUT2D eigenvalue weighted by Gasteiger charge is -2.09. The van der Waals surface area contributed by atoms with Crippen LogP contribution >= 0.6 is 12.2 Å². The number of benzene rings is 3. The standard InChI is InChI=1S/C23H20N2OS2/c1-17-12-13-21-20(14-17)24-23(27)25(21)15-22(19-10-6-3-7-11-19)28(26)16-18-8-4-2-5-9-18/h2-15H,16H2,1H3,(H,24,27)/b22-15-/t28-/m0/s1. The first-order chi connectivity index (χ1) is 13.6. The maximum absolute atomic E-state index is 13.3. The summed E-state index contributed by atoms with van der Waals surface area (Å²) in [6, 6.07) is 25.9. The average Bonchev–Trinajstić information content (AvgIpc) is 3.01. The van der Waals surface area contributed by atoms with Crippen molar-refractivity contribution in [2.45, 2.75) is 12.7 Å². The molecule has 4 rings (SSSR count). The molecule has 0 unspecified atom stereocenters. The number of nitrogens with zero attached hydrogens (tertiary/aromatic N) is 1. The molecule has 0 spiro atoms. The number of fused-ring (bicyclic) bond motifs is 1. The Morgan fingerprint density at radius 2 is 1.71 bits per heavy atom. The molecule has 0 aliphatic heterocycles. The minimum absolute atomic E-state index is 0.455. The molecule has 0 saturated carbocycles. The number of aromatic nitrogens is 2. The van der Waals surface area contributed by atoms with Crippen LogP contribution in [0.25, 0.3) is 22.1 Å². The molecule has 0 aliphatic carbocycles. The Labute approximate surface area is 171 Å². The van der Waals surface area contributed by atoms with Crippen molar-refractivity contribution in [3.05, 3.63) is 100 Å². The van der Waals surface area contributed by atoms with Gasteiger partial charge in [0.05, 0.1) is 32.5 Å². The SMILES string of the molecule is Cc1ccc2c(c1)[nH]c(=S)n2/C=C(/c1ccccc1)[S@@](=O)Cc1ccccc1. The first kappa shape index (κ1) is 18.6.